The van der Waals surface area contributed by atoms with Gasteiger partial charge in [0.1, 0.15) is 11.9 Å². The molecule has 0 amide bonds. The number of ether oxygens (including phenoxy) is 1. The number of aliphatic hydroxyl groups is 1. The molecular weight excluding hydrogens is 366 g/mol. The molecule has 1 atom stereocenters. The van der Waals surface area contributed by atoms with E-state index in [1.807, 2.05) is 43.3 Å². The lowest BCUT2D eigenvalue weighted by Gasteiger charge is -2.15. The topological polar surface area (TPSA) is 34.4 Å². The summed E-state index contributed by atoms with van der Waals surface area (Å²) in [6.07, 6.45) is 3.87. The SMILES string of the molecule is CC(CO)Oc1cccc(Br)c1/C=C/c1cc2ccccc2n1C. The molecule has 3 nitrogen and oxygen atoms in total. The Morgan fingerprint density at radius 2 is 1.96 bits per heavy atom. The molecule has 0 spiro atoms. The highest BCUT2D eigenvalue weighted by Crippen LogP contribution is 2.30. The van der Waals surface area contributed by atoms with Crippen LogP contribution in [0.2, 0.25) is 0 Å². The largest absolute Gasteiger partial charge is 0.488 e. The first-order valence-corrected chi connectivity index (χ1v) is 8.68. The third kappa shape index (κ3) is 3.40. The molecule has 0 aliphatic carbocycles. The summed E-state index contributed by atoms with van der Waals surface area (Å²) in [5.74, 6) is 0.751. The Hall–Kier alpha value is -2.04. The molecule has 24 heavy (non-hydrogen) atoms. The Kier molecular flexibility index (Phi) is 5.07. The molecule has 4 heteroatoms. The quantitative estimate of drug-likeness (QED) is 0.679. The van der Waals surface area contributed by atoms with Crippen LogP contribution in [0.5, 0.6) is 5.75 Å². The summed E-state index contributed by atoms with van der Waals surface area (Å²) >= 11 is 3.59. The van der Waals surface area contributed by atoms with Gasteiger partial charge in [-0.15, -0.1) is 0 Å². The van der Waals surface area contributed by atoms with E-state index in [1.165, 1.54) is 10.9 Å². The fraction of sp³-hybridized carbons (Fsp3) is 0.200. The Labute approximate surface area is 150 Å². The van der Waals surface area contributed by atoms with Crippen LogP contribution in [0, 0.1) is 0 Å². The molecule has 3 aromatic rings. The number of rotatable bonds is 5. The average Bonchev–Trinajstić information content (AvgIpc) is 2.91. The monoisotopic (exact) mass is 385 g/mol. The maximum atomic E-state index is 9.22. The van der Waals surface area contributed by atoms with E-state index in [2.05, 4.69) is 51.8 Å². The number of hydrogen-bond acceptors (Lipinski definition) is 2. The number of aromatic nitrogens is 1. The van der Waals surface area contributed by atoms with Crippen molar-refractivity contribution >= 4 is 39.0 Å². The first kappa shape index (κ1) is 16.8. The fourth-order valence-electron chi connectivity index (χ4n) is 2.67. The smallest absolute Gasteiger partial charge is 0.128 e. The standard InChI is InChI=1S/C20H20BrNO2/c1-14(13-23)24-20-9-5-7-18(21)17(20)11-10-16-12-15-6-3-4-8-19(15)22(16)2/h3-12,14,23H,13H2,1-2H3/b11-10+. The van der Waals surface area contributed by atoms with Gasteiger partial charge in [-0.25, -0.2) is 0 Å². The molecule has 0 saturated heterocycles. The van der Waals surface area contributed by atoms with Crippen molar-refractivity contribution < 1.29 is 9.84 Å². The second-order valence-corrected chi connectivity index (χ2v) is 6.64. The summed E-state index contributed by atoms with van der Waals surface area (Å²) in [6.45, 7) is 1.83. The Morgan fingerprint density at radius 1 is 1.17 bits per heavy atom. The minimum Gasteiger partial charge on any atom is -0.488 e. The van der Waals surface area contributed by atoms with Gasteiger partial charge in [0.05, 0.1) is 6.61 Å². The molecular formula is C20H20BrNO2. The van der Waals surface area contributed by atoms with E-state index in [1.54, 1.807) is 0 Å². The van der Waals surface area contributed by atoms with Crippen LogP contribution in [-0.2, 0) is 7.05 Å². The number of aliphatic hydroxyl groups excluding tert-OH is 1. The van der Waals surface area contributed by atoms with Crippen LogP contribution in [0.1, 0.15) is 18.2 Å². The van der Waals surface area contributed by atoms with Crippen LogP contribution in [-0.4, -0.2) is 22.4 Å². The van der Waals surface area contributed by atoms with E-state index in [9.17, 15) is 5.11 Å². The third-order valence-electron chi connectivity index (χ3n) is 4.01. The van der Waals surface area contributed by atoms with E-state index >= 15 is 0 Å². The molecule has 0 saturated carbocycles. The van der Waals surface area contributed by atoms with E-state index < -0.39 is 0 Å². The number of hydrogen-bond donors (Lipinski definition) is 1. The molecule has 0 fully saturated rings. The second-order valence-electron chi connectivity index (χ2n) is 5.78. The van der Waals surface area contributed by atoms with Crippen LogP contribution in [0.25, 0.3) is 23.1 Å². The maximum absolute atomic E-state index is 9.22. The highest BCUT2D eigenvalue weighted by atomic mass is 79.9. The summed E-state index contributed by atoms with van der Waals surface area (Å²) in [4.78, 5) is 0. The lowest BCUT2D eigenvalue weighted by atomic mass is 10.1. The molecule has 1 aromatic heterocycles. The normalized spacial score (nSPS) is 12.8. The Bertz CT molecular complexity index is 882. The molecule has 1 N–H and O–H groups in total. The van der Waals surface area contributed by atoms with Crippen molar-refractivity contribution in [2.75, 3.05) is 6.61 Å². The number of para-hydroxylation sites is 1. The van der Waals surface area contributed by atoms with Crippen molar-refractivity contribution in [1.29, 1.82) is 0 Å². The summed E-state index contributed by atoms with van der Waals surface area (Å²) < 4.78 is 8.94. The Morgan fingerprint density at radius 3 is 2.71 bits per heavy atom. The van der Waals surface area contributed by atoms with Gasteiger partial charge in [-0.1, -0.05) is 40.2 Å². The zero-order valence-electron chi connectivity index (χ0n) is 13.7. The Balaban J connectivity index is 1.97. The van der Waals surface area contributed by atoms with Gasteiger partial charge in [-0.05, 0) is 43.3 Å². The molecule has 124 valence electrons. The zero-order valence-corrected chi connectivity index (χ0v) is 15.3. The van der Waals surface area contributed by atoms with Crippen LogP contribution in [0.4, 0.5) is 0 Å². The van der Waals surface area contributed by atoms with Crippen molar-refractivity contribution in [2.45, 2.75) is 13.0 Å². The number of benzene rings is 2. The predicted molar refractivity (Wildman–Crippen MR) is 103 cm³/mol. The second kappa shape index (κ2) is 7.24. The average molecular weight is 386 g/mol. The first-order chi connectivity index (χ1) is 11.6. The van der Waals surface area contributed by atoms with E-state index in [-0.39, 0.29) is 12.7 Å². The van der Waals surface area contributed by atoms with Gasteiger partial charge in [0.25, 0.3) is 0 Å². The highest BCUT2D eigenvalue weighted by molar-refractivity contribution is 9.10. The number of aryl methyl sites for hydroxylation is 1. The number of fused-ring (bicyclic) bond motifs is 1. The molecule has 0 aliphatic heterocycles. The molecule has 3 rings (SSSR count). The van der Waals surface area contributed by atoms with Gasteiger partial charge < -0.3 is 14.4 Å². The fourth-order valence-corrected chi connectivity index (χ4v) is 3.15. The van der Waals surface area contributed by atoms with E-state index in [4.69, 9.17) is 4.74 Å². The zero-order chi connectivity index (χ0) is 17.1. The van der Waals surface area contributed by atoms with Gasteiger partial charge in [-0.3, -0.25) is 0 Å². The van der Waals surface area contributed by atoms with Gasteiger partial charge in [0.2, 0.25) is 0 Å². The van der Waals surface area contributed by atoms with Crippen LogP contribution in [0.15, 0.2) is 53.0 Å². The predicted octanol–water partition coefficient (Wildman–Crippen LogP) is 4.87. The van der Waals surface area contributed by atoms with Gasteiger partial charge >= 0.3 is 0 Å². The van der Waals surface area contributed by atoms with Crippen LogP contribution in [0.3, 0.4) is 0 Å². The minimum absolute atomic E-state index is 0.0150. The molecule has 0 bridgehead atoms. The van der Waals surface area contributed by atoms with E-state index in [0.717, 1.165) is 21.5 Å². The number of halogens is 1. The van der Waals surface area contributed by atoms with Crippen molar-refractivity contribution in [2.24, 2.45) is 7.05 Å². The number of nitrogens with zero attached hydrogens (tertiary/aromatic N) is 1. The van der Waals surface area contributed by atoms with Crippen molar-refractivity contribution in [3.8, 4) is 5.75 Å². The third-order valence-corrected chi connectivity index (χ3v) is 4.70. The van der Waals surface area contributed by atoms with Gasteiger partial charge in [-0.2, -0.15) is 0 Å². The first-order valence-electron chi connectivity index (χ1n) is 7.88. The highest BCUT2D eigenvalue weighted by Gasteiger charge is 2.09. The van der Waals surface area contributed by atoms with Crippen molar-refractivity contribution in [3.05, 3.63) is 64.3 Å². The molecule has 1 unspecified atom stereocenters. The molecule has 0 radical (unpaired) electrons. The summed E-state index contributed by atoms with van der Waals surface area (Å²) in [5, 5.41) is 10.4. The maximum Gasteiger partial charge on any atom is 0.128 e. The molecule has 0 aliphatic rings. The van der Waals surface area contributed by atoms with E-state index in [0.29, 0.717) is 0 Å². The summed E-state index contributed by atoms with van der Waals surface area (Å²) in [5.41, 5.74) is 3.28. The lowest BCUT2D eigenvalue weighted by Crippen LogP contribution is -2.16. The lowest BCUT2D eigenvalue weighted by molar-refractivity contribution is 0.129. The van der Waals surface area contributed by atoms with Crippen molar-refractivity contribution in [3.63, 3.8) is 0 Å². The van der Waals surface area contributed by atoms with Crippen LogP contribution >= 0.6 is 15.9 Å². The molecule has 2 aromatic carbocycles. The summed E-state index contributed by atoms with van der Waals surface area (Å²) in [6, 6.07) is 16.3. The van der Waals surface area contributed by atoms with Crippen molar-refractivity contribution in [1.82, 2.24) is 4.57 Å². The minimum atomic E-state index is -0.246. The van der Waals surface area contributed by atoms with Crippen LogP contribution < -0.4 is 4.74 Å². The molecule has 1 heterocycles. The van der Waals surface area contributed by atoms with Gasteiger partial charge in [0, 0.05) is 33.7 Å². The van der Waals surface area contributed by atoms with Gasteiger partial charge in [0.15, 0.2) is 0 Å². The summed E-state index contributed by atoms with van der Waals surface area (Å²) in [7, 11) is 2.06.